The Morgan fingerprint density at radius 1 is 0.763 bits per heavy atom. The zero-order valence-corrected chi connectivity index (χ0v) is 20.8. The fourth-order valence-electron chi connectivity index (χ4n) is 3.25. The van der Waals surface area contributed by atoms with Gasteiger partial charge < -0.3 is 10.8 Å². The third-order valence-electron chi connectivity index (χ3n) is 5.12. The highest BCUT2D eigenvalue weighted by atomic mass is 32.2. The van der Waals surface area contributed by atoms with E-state index in [0.717, 1.165) is 0 Å². The number of benzene rings is 3. The summed E-state index contributed by atoms with van der Waals surface area (Å²) in [4.78, 5) is 7.41. The Bertz CT molecular complexity index is 1830. The molecule has 0 heterocycles. The van der Waals surface area contributed by atoms with Crippen LogP contribution < -0.4 is 17.5 Å². The summed E-state index contributed by atoms with van der Waals surface area (Å²) in [7, 11) is -8.49. The van der Waals surface area contributed by atoms with Gasteiger partial charge in [-0.2, -0.15) is 37.2 Å². The summed E-state index contributed by atoms with van der Waals surface area (Å²) in [5, 5.41) is 19.3. The molecule has 0 atom stereocenters. The Labute approximate surface area is 215 Å². The summed E-state index contributed by atoms with van der Waals surface area (Å²) >= 11 is 0. The van der Waals surface area contributed by atoms with E-state index in [9.17, 15) is 21.9 Å². The molecule has 0 saturated heterocycles. The van der Waals surface area contributed by atoms with Crippen LogP contribution in [0.25, 0.3) is 10.8 Å². The number of nitrogens with zero attached hydrogens (tertiary/aromatic N) is 4. The van der Waals surface area contributed by atoms with E-state index in [1.165, 1.54) is 60.7 Å². The number of nitrogens with two attached hydrogens (primary N) is 3. The number of nitrogen functional groups attached to an aromatic ring is 1. The molecular formula is C22H19N7O7S2+2. The Morgan fingerprint density at radius 2 is 1.34 bits per heavy atom. The van der Waals surface area contributed by atoms with E-state index in [2.05, 4.69) is 28.4 Å². The van der Waals surface area contributed by atoms with Gasteiger partial charge in [0.1, 0.15) is 20.8 Å². The molecular weight excluding hydrogens is 538 g/mol. The molecule has 3 aromatic rings. The number of anilines is 1. The normalized spacial score (nSPS) is 13.3. The van der Waals surface area contributed by atoms with Crippen molar-refractivity contribution in [1.29, 1.82) is 0 Å². The number of hydrogen-bond acceptors (Lipinski definition) is 12. The molecule has 38 heavy (non-hydrogen) atoms. The first kappa shape index (κ1) is 26.6. The second-order valence-electron chi connectivity index (χ2n) is 7.56. The lowest BCUT2D eigenvalue weighted by Crippen LogP contribution is -2.11. The number of phenolic OH excluding ortho intramolecular Hbond substituents is 1. The molecule has 0 amide bonds. The quantitative estimate of drug-likeness (QED) is 0.112. The minimum Gasteiger partial charge on any atom is -0.505 e. The summed E-state index contributed by atoms with van der Waals surface area (Å²) in [6.45, 7) is 0. The largest absolute Gasteiger partial charge is 0.505 e. The monoisotopic (exact) mass is 557 g/mol. The average molecular weight is 558 g/mol. The van der Waals surface area contributed by atoms with Gasteiger partial charge in [0.05, 0.1) is 14.5 Å². The topological polar surface area (TPSA) is 238 Å². The predicted molar refractivity (Wildman–Crippen MR) is 134 cm³/mol. The van der Waals surface area contributed by atoms with Crippen LogP contribution in [0.15, 0.2) is 92.9 Å². The number of allylic oxidation sites excluding steroid dienone is 4. The van der Waals surface area contributed by atoms with Crippen LogP contribution in [-0.2, 0) is 28.8 Å². The molecule has 0 bridgehead atoms. The van der Waals surface area contributed by atoms with Gasteiger partial charge >= 0.3 is 31.7 Å². The smallest absolute Gasteiger partial charge is 0.366 e. The average Bonchev–Trinajstić information content (AvgIpc) is 2.92. The lowest BCUT2D eigenvalue weighted by atomic mass is 10.1. The summed E-state index contributed by atoms with van der Waals surface area (Å²) in [6.07, 6.45) is 6.17. The van der Waals surface area contributed by atoms with Crippen molar-refractivity contribution in [2.75, 3.05) is 5.73 Å². The van der Waals surface area contributed by atoms with Gasteiger partial charge in [-0.15, -0.1) is 0 Å². The minimum atomic E-state index is -4.46. The van der Waals surface area contributed by atoms with Crippen molar-refractivity contribution in [2.24, 2.45) is 22.0 Å². The highest BCUT2D eigenvalue weighted by Gasteiger charge is 2.27. The van der Waals surface area contributed by atoms with Crippen LogP contribution in [-0.4, -0.2) is 42.9 Å². The highest BCUT2D eigenvalue weighted by Crippen LogP contribution is 2.41. The lowest BCUT2D eigenvalue weighted by molar-refractivity contribution is -0.0775. The molecule has 0 spiro atoms. The summed E-state index contributed by atoms with van der Waals surface area (Å²) < 4.78 is 55.9. The Balaban J connectivity index is 1.66. The first-order valence-electron chi connectivity index (χ1n) is 10.4. The van der Waals surface area contributed by atoms with Crippen LogP contribution in [0.4, 0.5) is 17.1 Å². The van der Waals surface area contributed by atoms with Crippen LogP contribution in [0.3, 0.4) is 0 Å². The molecule has 4 rings (SSSR count). The van der Waals surface area contributed by atoms with Gasteiger partial charge in [0.15, 0.2) is 5.75 Å². The number of phenols is 1. The van der Waals surface area contributed by atoms with E-state index < -0.39 is 30.9 Å². The molecule has 0 aromatic heterocycles. The SMILES string of the molecule is NOS(=O)(=O)c1ccc(N=[N+]=C2C=CC(=[N+]=Nc3c(S(=O)(=O)ON)cc4cc(N)ccc4c3O)C=C2)cc1. The third kappa shape index (κ3) is 5.57. The first-order valence-corrected chi connectivity index (χ1v) is 13.2. The maximum atomic E-state index is 12.4. The van der Waals surface area contributed by atoms with Gasteiger partial charge in [-0.3, -0.25) is 0 Å². The molecule has 1 aliphatic carbocycles. The Hall–Kier alpha value is -4.50. The number of rotatable bonds is 6. The second-order valence-corrected chi connectivity index (χ2v) is 10.7. The third-order valence-corrected chi connectivity index (χ3v) is 7.33. The Morgan fingerprint density at radius 3 is 1.92 bits per heavy atom. The molecule has 3 aromatic carbocycles. The van der Waals surface area contributed by atoms with Gasteiger partial charge in [-0.25, -0.2) is 0 Å². The standard InChI is InChI=1S/C22H17N7O7S2/c23-14-1-10-19-13(11-14)12-20(38(33,34)36-25)21(22(19)30)29-28-16-4-2-15(3-5-16)26-27-17-6-8-18(9-7-17)37(31,32)35-24/h1-12H,24-25H2,(H-,23,30)/p+2. The van der Waals surface area contributed by atoms with Crippen LogP contribution >= 0.6 is 0 Å². The van der Waals surface area contributed by atoms with Gasteiger partial charge in [-0.05, 0) is 53.9 Å². The van der Waals surface area contributed by atoms with E-state index in [0.29, 0.717) is 33.6 Å². The zero-order chi connectivity index (χ0) is 27.5. The van der Waals surface area contributed by atoms with Gasteiger partial charge in [0, 0.05) is 35.4 Å². The summed E-state index contributed by atoms with van der Waals surface area (Å²) in [6, 6.07) is 11.1. The van der Waals surface area contributed by atoms with Crippen molar-refractivity contribution in [3.05, 3.63) is 72.8 Å². The molecule has 0 fully saturated rings. The van der Waals surface area contributed by atoms with E-state index in [-0.39, 0.29) is 10.6 Å². The van der Waals surface area contributed by atoms with Crippen LogP contribution in [0.1, 0.15) is 0 Å². The lowest BCUT2D eigenvalue weighted by Gasteiger charge is -2.08. The van der Waals surface area contributed by atoms with Crippen molar-refractivity contribution < 1.29 is 40.1 Å². The maximum absolute atomic E-state index is 12.4. The van der Waals surface area contributed by atoms with Crippen molar-refractivity contribution in [2.45, 2.75) is 9.79 Å². The molecule has 14 nitrogen and oxygen atoms in total. The second kappa shape index (κ2) is 10.5. The fourth-order valence-corrected chi connectivity index (χ4v) is 4.58. The molecule has 1 aliphatic rings. The number of hydrogen-bond donors (Lipinski definition) is 4. The molecule has 0 radical (unpaired) electrons. The van der Waals surface area contributed by atoms with E-state index in [4.69, 9.17) is 17.5 Å². The fraction of sp³-hybridized carbons (Fsp3) is 0. The summed E-state index contributed by atoms with van der Waals surface area (Å²) in [5.41, 5.74) is 6.84. The van der Waals surface area contributed by atoms with Crippen LogP contribution in [0, 0.1) is 0 Å². The number of aromatic hydroxyl groups is 1. The van der Waals surface area contributed by atoms with E-state index in [1.54, 1.807) is 12.2 Å². The minimum absolute atomic E-state index is 0.135. The van der Waals surface area contributed by atoms with E-state index in [1.807, 2.05) is 0 Å². The van der Waals surface area contributed by atoms with E-state index >= 15 is 0 Å². The van der Waals surface area contributed by atoms with Gasteiger partial charge in [0.2, 0.25) is 5.69 Å². The van der Waals surface area contributed by atoms with Crippen molar-refractivity contribution in [3.8, 4) is 5.75 Å². The van der Waals surface area contributed by atoms with Gasteiger partial charge in [0.25, 0.3) is 0 Å². The molecule has 0 unspecified atom stereocenters. The highest BCUT2D eigenvalue weighted by molar-refractivity contribution is 7.87. The molecule has 16 heteroatoms. The maximum Gasteiger partial charge on any atom is 0.366 e. The van der Waals surface area contributed by atoms with Crippen molar-refractivity contribution in [1.82, 2.24) is 0 Å². The van der Waals surface area contributed by atoms with Crippen molar-refractivity contribution >= 4 is 59.5 Å². The van der Waals surface area contributed by atoms with Crippen LogP contribution in [0.2, 0.25) is 0 Å². The first-order chi connectivity index (χ1) is 18.0. The summed E-state index contributed by atoms with van der Waals surface area (Å²) in [5.74, 6) is 9.23. The van der Waals surface area contributed by atoms with Crippen LogP contribution in [0.5, 0.6) is 5.75 Å². The van der Waals surface area contributed by atoms with Crippen molar-refractivity contribution in [3.63, 3.8) is 0 Å². The molecule has 0 saturated carbocycles. The molecule has 7 N–H and O–H groups in total. The molecule has 194 valence electrons. The Kier molecular flexibility index (Phi) is 7.32. The zero-order valence-electron chi connectivity index (χ0n) is 19.2. The van der Waals surface area contributed by atoms with Gasteiger partial charge in [-0.1, -0.05) is 0 Å². The predicted octanol–water partition coefficient (Wildman–Crippen LogP) is 1.58. The number of fused-ring (bicyclic) bond motifs is 1. The molecule has 0 aliphatic heterocycles.